The molecule has 0 radical (unpaired) electrons. The van der Waals surface area contributed by atoms with Crippen LogP contribution in [0.1, 0.15) is 41.9 Å². The van der Waals surface area contributed by atoms with Crippen LogP contribution in [0.15, 0.2) is 18.2 Å². The Morgan fingerprint density at radius 2 is 2.21 bits per heavy atom. The van der Waals surface area contributed by atoms with Crippen molar-refractivity contribution in [1.82, 2.24) is 25.1 Å². The highest BCUT2D eigenvalue weighted by Crippen LogP contribution is 2.31. The van der Waals surface area contributed by atoms with Crippen LogP contribution in [0.2, 0.25) is 0 Å². The molecule has 1 saturated heterocycles. The fraction of sp³-hybridized carbons (Fsp3) is 0.500. The van der Waals surface area contributed by atoms with Gasteiger partial charge in [0.25, 0.3) is 0 Å². The minimum absolute atomic E-state index is 0.402. The van der Waals surface area contributed by atoms with Crippen LogP contribution in [0.4, 0.5) is 0 Å². The average molecular weight is 257 g/mol. The molecule has 0 aliphatic carbocycles. The number of aryl methyl sites for hydroxylation is 2. The maximum absolute atomic E-state index is 4.66. The monoisotopic (exact) mass is 257 g/mol. The third-order valence-electron chi connectivity index (χ3n) is 3.60. The highest BCUT2D eigenvalue weighted by Gasteiger charge is 2.27. The number of rotatable bonds is 3. The fourth-order valence-corrected chi connectivity index (χ4v) is 2.74. The van der Waals surface area contributed by atoms with E-state index in [1.54, 1.807) is 0 Å². The van der Waals surface area contributed by atoms with E-state index in [0.29, 0.717) is 6.04 Å². The van der Waals surface area contributed by atoms with Gasteiger partial charge in [0, 0.05) is 5.69 Å². The minimum Gasteiger partial charge on any atom is -0.287 e. The average Bonchev–Trinajstić information content (AvgIpc) is 2.99. The Kier molecular flexibility index (Phi) is 3.29. The molecule has 1 unspecified atom stereocenters. The van der Waals surface area contributed by atoms with Crippen LogP contribution in [0.25, 0.3) is 0 Å². The predicted octanol–water partition coefficient (Wildman–Crippen LogP) is 2.15. The lowest BCUT2D eigenvalue weighted by atomic mass is 10.1. The van der Waals surface area contributed by atoms with E-state index in [4.69, 9.17) is 0 Å². The molecule has 1 atom stereocenters. The minimum atomic E-state index is 0.402. The molecule has 3 heterocycles. The van der Waals surface area contributed by atoms with Gasteiger partial charge in [0.15, 0.2) is 5.82 Å². The number of pyridine rings is 1. The van der Waals surface area contributed by atoms with E-state index in [-0.39, 0.29) is 0 Å². The van der Waals surface area contributed by atoms with Crippen LogP contribution in [-0.2, 0) is 6.54 Å². The smallest absolute Gasteiger partial charge is 0.164 e. The maximum Gasteiger partial charge on any atom is 0.164 e. The van der Waals surface area contributed by atoms with E-state index in [0.717, 1.165) is 30.4 Å². The number of aromatic nitrogens is 4. The van der Waals surface area contributed by atoms with Gasteiger partial charge >= 0.3 is 0 Å². The van der Waals surface area contributed by atoms with Crippen LogP contribution in [0.3, 0.4) is 0 Å². The second-order valence-electron chi connectivity index (χ2n) is 5.17. The van der Waals surface area contributed by atoms with Gasteiger partial charge < -0.3 is 0 Å². The van der Waals surface area contributed by atoms with Crippen molar-refractivity contribution in [2.75, 3.05) is 6.54 Å². The largest absolute Gasteiger partial charge is 0.287 e. The lowest BCUT2D eigenvalue weighted by molar-refractivity contribution is 0.238. The first-order chi connectivity index (χ1) is 9.22. The van der Waals surface area contributed by atoms with Gasteiger partial charge in [0.05, 0.1) is 18.3 Å². The molecule has 0 amide bonds. The number of nitrogens with zero attached hydrogens (tertiary/aromatic N) is 4. The number of hydrogen-bond acceptors (Lipinski definition) is 4. The number of nitrogens with one attached hydrogen (secondary N) is 1. The van der Waals surface area contributed by atoms with E-state index in [1.165, 1.54) is 18.5 Å². The summed E-state index contributed by atoms with van der Waals surface area (Å²) in [5.41, 5.74) is 2.25. The molecule has 5 nitrogen and oxygen atoms in total. The second kappa shape index (κ2) is 5.09. The number of H-pyrrole nitrogens is 1. The first kappa shape index (κ1) is 12.3. The zero-order valence-corrected chi connectivity index (χ0v) is 11.4. The van der Waals surface area contributed by atoms with Gasteiger partial charge in [-0.2, -0.15) is 5.10 Å². The second-order valence-corrected chi connectivity index (χ2v) is 5.17. The molecule has 3 rings (SSSR count). The van der Waals surface area contributed by atoms with E-state index < -0.39 is 0 Å². The molecule has 0 bridgehead atoms. The highest BCUT2D eigenvalue weighted by atomic mass is 15.3. The van der Waals surface area contributed by atoms with Gasteiger partial charge in [0.2, 0.25) is 0 Å². The Morgan fingerprint density at radius 3 is 2.95 bits per heavy atom. The Hall–Kier alpha value is -1.75. The van der Waals surface area contributed by atoms with E-state index >= 15 is 0 Å². The maximum atomic E-state index is 4.66. The molecule has 1 N–H and O–H groups in total. The number of likely N-dealkylation sites (tertiary alicyclic amines) is 1. The van der Waals surface area contributed by atoms with E-state index in [2.05, 4.69) is 37.2 Å². The Bertz CT molecular complexity index is 562. The molecule has 0 spiro atoms. The van der Waals surface area contributed by atoms with E-state index in [9.17, 15) is 0 Å². The van der Waals surface area contributed by atoms with Crippen molar-refractivity contribution >= 4 is 0 Å². The van der Waals surface area contributed by atoms with Crippen molar-refractivity contribution in [3.8, 4) is 0 Å². The molecule has 1 aliphatic heterocycles. The summed E-state index contributed by atoms with van der Waals surface area (Å²) < 4.78 is 0. The zero-order chi connectivity index (χ0) is 13.2. The zero-order valence-electron chi connectivity index (χ0n) is 11.4. The van der Waals surface area contributed by atoms with Crippen molar-refractivity contribution in [3.63, 3.8) is 0 Å². The molecule has 2 aromatic rings. The van der Waals surface area contributed by atoms with Gasteiger partial charge in [-0.1, -0.05) is 6.07 Å². The molecule has 0 aromatic carbocycles. The summed E-state index contributed by atoms with van der Waals surface area (Å²) >= 11 is 0. The van der Waals surface area contributed by atoms with Crippen molar-refractivity contribution in [2.24, 2.45) is 0 Å². The molecule has 100 valence electrons. The lowest BCUT2D eigenvalue weighted by Gasteiger charge is -2.22. The summed E-state index contributed by atoms with van der Waals surface area (Å²) in [6.45, 7) is 5.86. The van der Waals surface area contributed by atoms with Gasteiger partial charge in [-0.25, -0.2) is 4.98 Å². The fourth-order valence-electron chi connectivity index (χ4n) is 2.74. The quantitative estimate of drug-likeness (QED) is 0.915. The SMILES string of the molecule is Cc1cccc(C2CCCN2Cc2n[nH]c(C)n2)n1. The molecule has 1 aliphatic rings. The van der Waals surface area contributed by atoms with Crippen molar-refractivity contribution < 1.29 is 0 Å². The molecule has 2 aromatic heterocycles. The molecule has 0 saturated carbocycles. The van der Waals surface area contributed by atoms with Crippen LogP contribution in [0.5, 0.6) is 0 Å². The van der Waals surface area contributed by atoms with Crippen LogP contribution < -0.4 is 0 Å². The molecule has 19 heavy (non-hydrogen) atoms. The Labute approximate surface area is 113 Å². The molecular weight excluding hydrogens is 238 g/mol. The third-order valence-corrected chi connectivity index (χ3v) is 3.60. The first-order valence-electron chi connectivity index (χ1n) is 6.78. The summed E-state index contributed by atoms with van der Waals surface area (Å²) in [5, 5.41) is 7.13. The summed E-state index contributed by atoms with van der Waals surface area (Å²) in [4.78, 5) is 11.5. The van der Waals surface area contributed by atoms with Gasteiger partial charge in [-0.05, 0) is 45.4 Å². The molecule has 1 fully saturated rings. The Morgan fingerprint density at radius 1 is 1.32 bits per heavy atom. The van der Waals surface area contributed by atoms with Crippen molar-refractivity contribution in [1.29, 1.82) is 0 Å². The summed E-state index contributed by atoms with van der Waals surface area (Å²) in [7, 11) is 0. The van der Waals surface area contributed by atoms with Crippen molar-refractivity contribution in [3.05, 3.63) is 41.2 Å². The van der Waals surface area contributed by atoms with Gasteiger partial charge in [0.1, 0.15) is 5.82 Å². The third kappa shape index (κ3) is 2.66. The summed E-state index contributed by atoms with van der Waals surface area (Å²) in [6.07, 6.45) is 2.38. The summed E-state index contributed by atoms with van der Waals surface area (Å²) in [5.74, 6) is 1.75. The number of hydrogen-bond donors (Lipinski definition) is 1. The standard InChI is InChI=1S/C14H19N5/c1-10-5-3-6-12(15-10)13-7-4-8-19(13)9-14-16-11(2)17-18-14/h3,5-6,13H,4,7-9H2,1-2H3,(H,16,17,18). The van der Waals surface area contributed by atoms with Crippen LogP contribution >= 0.6 is 0 Å². The topological polar surface area (TPSA) is 57.7 Å². The van der Waals surface area contributed by atoms with Crippen LogP contribution in [0, 0.1) is 13.8 Å². The van der Waals surface area contributed by atoms with E-state index in [1.807, 2.05) is 19.9 Å². The highest BCUT2D eigenvalue weighted by molar-refractivity contribution is 5.15. The Balaban J connectivity index is 1.78. The van der Waals surface area contributed by atoms with Gasteiger partial charge in [-0.3, -0.25) is 15.0 Å². The molecular formula is C14H19N5. The first-order valence-corrected chi connectivity index (χ1v) is 6.78. The lowest BCUT2D eigenvalue weighted by Crippen LogP contribution is -2.24. The summed E-state index contributed by atoms with van der Waals surface area (Å²) in [6, 6.07) is 6.66. The molecule has 5 heteroatoms. The van der Waals surface area contributed by atoms with Gasteiger partial charge in [-0.15, -0.1) is 0 Å². The normalized spacial score (nSPS) is 20.0. The van der Waals surface area contributed by atoms with Crippen molar-refractivity contribution in [2.45, 2.75) is 39.3 Å². The number of aromatic amines is 1. The van der Waals surface area contributed by atoms with Crippen LogP contribution in [-0.4, -0.2) is 31.6 Å². The predicted molar refractivity (Wildman–Crippen MR) is 72.5 cm³/mol.